The molecule has 0 N–H and O–H groups in total. The molecule has 2 unspecified atom stereocenters. The summed E-state index contributed by atoms with van der Waals surface area (Å²) in [4.78, 5) is 0.0639. The summed E-state index contributed by atoms with van der Waals surface area (Å²) >= 11 is 3.24. The molecule has 2 atom stereocenters. The molecule has 2 aromatic carbocycles. The van der Waals surface area contributed by atoms with Gasteiger partial charge in [0.2, 0.25) is 0 Å². The zero-order valence-corrected chi connectivity index (χ0v) is 14.5. The molecule has 0 aliphatic carbocycles. The molecule has 0 bridgehead atoms. The topological polar surface area (TPSA) is 43.4 Å². The molecule has 3 nitrogen and oxygen atoms in total. The van der Waals surface area contributed by atoms with Crippen LogP contribution in [0, 0.1) is 17.6 Å². The maximum atomic E-state index is 14.3. The Kier molecular flexibility index (Phi) is 4.18. The molecule has 0 aromatic heterocycles. The monoisotopic (exact) mass is 402 g/mol. The predicted molar refractivity (Wildman–Crippen MR) is 85.1 cm³/mol. The Labute approximate surface area is 141 Å². The number of sulfone groups is 1. The summed E-state index contributed by atoms with van der Waals surface area (Å²) < 4.78 is 60.1. The smallest absolute Gasteiger partial charge is 0.186 e. The highest BCUT2D eigenvalue weighted by atomic mass is 79.9. The highest BCUT2D eigenvalue weighted by Gasteiger charge is 2.42. The largest absolute Gasteiger partial charge is 0.490 e. The molecular formula is C16H13BrF2O3S. The molecule has 1 aliphatic rings. The summed E-state index contributed by atoms with van der Waals surface area (Å²) in [6.07, 6.45) is 0. The van der Waals surface area contributed by atoms with Gasteiger partial charge in [0.15, 0.2) is 21.4 Å². The van der Waals surface area contributed by atoms with Gasteiger partial charge >= 0.3 is 0 Å². The Bertz CT molecular complexity index is 850. The van der Waals surface area contributed by atoms with Crippen LogP contribution in [0.3, 0.4) is 0 Å². The summed E-state index contributed by atoms with van der Waals surface area (Å²) in [6, 6.07) is 7.95. The van der Waals surface area contributed by atoms with Crippen molar-refractivity contribution in [1.29, 1.82) is 0 Å². The van der Waals surface area contributed by atoms with E-state index in [0.29, 0.717) is 0 Å². The van der Waals surface area contributed by atoms with Crippen molar-refractivity contribution in [2.45, 2.75) is 17.1 Å². The maximum absolute atomic E-state index is 14.3. The molecule has 0 saturated heterocycles. The van der Waals surface area contributed by atoms with Gasteiger partial charge in [-0.25, -0.2) is 17.2 Å². The van der Waals surface area contributed by atoms with Gasteiger partial charge in [0.05, 0.1) is 17.1 Å². The molecular weight excluding hydrogens is 390 g/mol. The Morgan fingerprint density at radius 1 is 1.09 bits per heavy atom. The molecule has 122 valence electrons. The SMILES string of the molecule is CC1COc2c(F)ccc(F)c2C1S(=O)(=O)c1ccc(Br)cc1. The molecule has 1 heterocycles. The minimum absolute atomic E-state index is 0.00774. The van der Waals surface area contributed by atoms with Gasteiger partial charge < -0.3 is 4.74 Å². The molecule has 0 saturated carbocycles. The van der Waals surface area contributed by atoms with Crippen LogP contribution in [0.25, 0.3) is 0 Å². The Morgan fingerprint density at radius 3 is 2.35 bits per heavy atom. The zero-order chi connectivity index (χ0) is 16.8. The number of fused-ring (bicyclic) bond motifs is 1. The zero-order valence-electron chi connectivity index (χ0n) is 12.1. The van der Waals surface area contributed by atoms with Crippen molar-refractivity contribution in [3.63, 3.8) is 0 Å². The minimum Gasteiger partial charge on any atom is -0.490 e. The van der Waals surface area contributed by atoms with Crippen LogP contribution in [0.2, 0.25) is 0 Å². The fourth-order valence-corrected chi connectivity index (χ4v) is 5.07. The van der Waals surface area contributed by atoms with Gasteiger partial charge in [-0.2, -0.15) is 0 Å². The van der Waals surface area contributed by atoms with Gasteiger partial charge in [0.1, 0.15) is 11.1 Å². The Balaban J connectivity index is 2.20. The molecule has 0 radical (unpaired) electrons. The third-order valence-corrected chi connectivity index (χ3v) is 6.69. The summed E-state index contributed by atoms with van der Waals surface area (Å²) in [7, 11) is -3.89. The summed E-state index contributed by atoms with van der Waals surface area (Å²) in [5, 5.41) is -1.19. The Morgan fingerprint density at radius 2 is 1.70 bits per heavy atom. The van der Waals surface area contributed by atoms with Gasteiger partial charge in [-0.05, 0) is 36.4 Å². The van der Waals surface area contributed by atoms with E-state index in [1.165, 1.54) is 12.1 Å². The summed E-state index contributed by atoms with van der Waals surface area (Å²) in [5.74, 6) is -2.36. The predicted octanol–water partition coefficient (Wildman–Crippen LogP) is 4.27. The summed E-state index contributed by atoms with van der Waals surface area (Å²) in [5.41, 5.74) is -0.230. The summed E-state index contributed by atoms with van der Waals surface area (Å²) in [6.45, 7) is 1.65. The first-order valence-electron chi connectivity index (χ1n) is 6.92. The molecule has 0 fully saturated rings. The number of halogens is 3. The quantitative estimate of drug-likeness (QED) is 0.752. The van der Waals surface area contributed by atoms with Crippen molar-refractivity contribution < 1.29 is 21.9 Å². The lowest BCUT2D eigenvalue weighted by molar-refractivity contribution is 0.213. The standard InChI is InChI=1S/C16H13BrF2O3S/c1-9-8-22-15-13(19)7-6-12(18)14(15)16(9)23(20,21)11-4-2-10(17)3-5-11/h2-7,9,16H,8H2,1H3. The second-order valence-electron chi connectivity index (χ2n) is 5.48. The maximum Gasteiger partial charge on any atom is 0.186 e. The fraction of sp³-hybridized carbons (Fsp3) is 0.250. The highest BCUT2D eigenvalue weighted by molar-refractivity contribution is 9.10. The van der Waals surface area contributed by atoms with Crippen LogP contribution in [-0.2, 0) is 9.84 Å². The van der Waals surface area contributed by atoms with Crippen molar-refractivity contribution in [3.05, 3.63) is 58.1 Å². The van der Waals surface area contributed by atoms with E-state index in [-0.39, 0.29) is 22.8 Å². The van der Waals surface area contributed by atoms with Crippen LogP contribution in [0.5, 0.6) is 5.75 Å². The van der Waals surface area contributed by atoms with E-state index in [4.69, 9.17) is 4.74 Å². The number of rotatable bonds is 2. The van der Waals surface area contributed by atoms with Crippen molar-refractivity contribution in [2.75, 3.05) is 6.61 Å². The molecule has 3 rings (SSSR count). The first-order chi connectivity index (χ1) is 10.8. The second-order valence-corrected chi connectivity index (χ2v) is 8.46. The molecule has 23 heavy (non-hydrogen) atoms. The van der Waals surface area contributed by atoms with Crippen LogP contribution in [-0.4, -0.2) is 15.0 Å². The van der Waals surface area contributed by atoms with E-state index in [9.17, 15) is 17.2 Å². The van der Waals surface area contributed by atoms with Gasteiger partial charge in [-0.1, -0.05) is 22.9 Å². The van der Waals surface area contributed by atoms with E-state index in [1.54, 1.807) is 19.1 Å². The third kappa shape index (κ3) is 2.76. The average Bonchev–Trinajstić information content (AvgIpc) is 2.51. The third-order valence-electron chi connectivity index (χ3n) is 3.86. The molecule has 7 heteroatoms. The number of ether oxygens (including phenoxy) is 1. The lowest BCUT2D eigenvalue weighted by Crippen LogP contribution is -2.31. The van der Waals surface area contributed by atoms with Crippen LogP contribution in [0.15, 0.2) is 45.8 Å². The second kappa shape index (κ2) is 5.87. The number of hydrogen-bond donors (Lipinski definition) is 0. The van der Waals surface area contributed by atoms with E-state index in [1.807, 2.05) is 0 Å². The van der Waals surface area contributed by atoms with Gasteiger partial charge in [-0.15, -0.1) is 0 Å². The van der Waals surface area contributed by atoms with Crippen molar-refractivity contribution in [1.82, 2.24) is 0 Å². The van der Waals surface area contributed by atoms with Crippen LogP contribution in [0.4, 0.5) is 8.78 Å². The van der Waals surface area contributed by atoms with Crippen molar-refractivity contribution >= 4 is 25.8 Å². The minimum atomic E-state index is -3.89. The van der Waals surface area contributed by atoms with E-state index in [0.717, 1.165) is 16.6 Å². The van der Waals surface area contributed by atoms with Crippen LogP contribution in [0.1, 0.15) is 17.7 Å². The van der Waals surface area contributed by atoms with E-state index in [2.05, 4.69) is 15.9 Å². The van der Waals surface area contributed by atoms with E-state index < -0.39 is 32.6 Å². The first kappa shape index (κ1) is 16.4. The molecule has 0 spiro atoms. The Hall–Kier alpha value is -1.47. The van der Waals surface area contributed by atoms with E-state index >= 15 is 0 Å². The molecule has 0 amide bonds. The first-order valence-corrected chi connectivity index (χ1v) is 9.26. The normalized spacial score (nSPS) is 20.7. The van der Waals surface area contributed by atoms with Gasteiger partial charge in [0, 0.05) is 10.4 Å². The number of benzene rings is 2. The highest BCUT2D eigenvalue weighted by Crippen LogP contribution is 2.45. The van der Waals surface area contributed by atoms with Crippen LogP contribution >= 0.6 is 15.9 Å². The average molecular weight is 403 g/mol. The van der Waals surface area contributed by atoms with Gasteiger partial charge in [-0.3, -0.25) is 0 Å². The van der Waals surface area contributed by atoms with Gasteiger partial charge in [0.25, 0.3) is 0 Å². The number of hydrogen-bond acceptors (Lipinski definition) is 3. The van der Waals surface area contributed by atoms with Crippen molar-refractivity contribution in [2.24, 2.45) is 5.92 Å². The van der Waals surface area contributed by atoms with Crippen LogP contribution < -0.4 is 4.74 Å². The fourth-order valence-electron chi connectivity index (χ4n) is 2.78. The van der Waals surface area contributed by atoms with Crippen molar-refractivity contribution in [3.8, 4) is 5.75 Å². The molecule has 2 aromatic rings. The lowest BCUT2D eigenvalue weighted by Gasteiger charge is -2.31. The molecule has 1 aliphatic heterocycles. The lowest BCUT2D eigenvalue weighted by atomic mass is 9.97.